The van der Waals surface area contributed by atoms with Crippen molar-refractivity contribution in [3.63, 3.8) is 0 Å². The molecule has 1 heterocycles. The number of nitrogens with one attached hydrogen (secondary N) is 1. The SMILES string of the molecule is O=C(COC(=O)CN1C(=O)[C@@H]2CC=CC[C@H]2C1=O)Nc1cc(Cl)cc(Cl)c1. The molecule has 1 aromatic carbocycles. The molecule has 0 bridgehead atoms. The number of halogens is 2. The molecule has 0 spiro atoms. The summed E-state index contributed by atoms with van der Waals surface area (Å²) in [7, 11) is 0. The van der Waals surface area contributed by atoms with Crippen LogP contribution in [0.4, 0.5) is 5.69 Å². The van der Waals surface area contributed by atoms with Gasteiger partial charge in [-0.15, -0.1) is 0 Å². The summed E-state index contributed by atoms with van der Waals surface area (Å²) in [4.78, 5) is 49.3. The number of hydrogen-bond acceptors (Lipinski definition) is 5. The molecule has 1 fully saturated rings. The summed E-state index contributed by atoms with van der Waals surface area (Å²) in [6, 6.07) is 4.49. The van der Waals surface area contributed by atoms with E-state index in [0.717, 1.165) is 4.90 Å². The highest BCUT2D eigenvalue weighted by Crippen LogP contribution is 2.34. The number of amides is 3. The van der Waals surface area contributed by atoms with Crippen molar-refractivity contribution in [2.24, 2.45) is 11.8 Å². The highest BCUT2D eigenvalue weighted by Gasteiger charge is 2.47. The Morgan fingerprint density at radius 2 is 1.59 bits per heavy atom. The first-order valence-electron chi connectivity index (χ1n) is 8.27. The molecule has 1 N–H and O–H groups in total. The van der Waals surface area contributed by atoms with Crippen molar-refractivity contribution in [3.8, 4) is 0 Å². The molecule has 0 unspecified atom stereocenters. The van der Waals surface area contributed by atoms with E-state index >= 15 is 0 Å². The highest BCUT2D eigenvalue weighted by atomic mass is 35.5. The van der Waals surface area contributed by atoms with Gasteiger partial charge in [0.1, 0.15) is 6.54 Å². The number of allylic oxidation sites excluding steroid dienone is 2. The van der Waals surface area contributed by atoms with Gasteiger partial charge in [0.25, 0.3) is 5.91 Å². The number of benzene rings is 1. The average Bonchev–Trinajstić information content (AvgIpc) is 2.84. The first kappa shape index (κ1) is 19.4. The van der Waals surface area contributed by atoms with E-state index in [1.165, 1.54) is 18.2 Å². The summed E-state index contributed by atoms with van der Waals surface area (Å²) < 4.78 is 4.87. The zero-order valence-corrected chi connectivity index (χ0v) is 15.6. The molecule has 0 radical (unpaired) electrons. The van der Waals surface area contributed by atoms with Crippen LogP contribution in [0.1, 0.15) is 12.8 Å². The van der Waals surface area contributed by atoms with E-state index in [4.69, 9.17) is 27.9 Å². The Morgan fingerprint density at radius 3 is 2.15 bits per heavy atom. The fourth-order valence-corrected chi connectivity index (χ4v) is 3.69. The Bertz CT molecular complexity index is 793. The molecular weight excluding hydrogens is 395 g/mol. The lowest BCUT2D eigenvalue weighted by atomic mass is 9.85. The molecule has 7 nitrogen and oxygen atoms in total. The number of esters is 1. The van der Waals surface area contributed by atoms with Crippen molar-refractivity contribution in [1.82, 2.24) is 4.90 Å². The summed E-state index contributed by atoms with van der Waals surface area (Å²) in [6.45, 7) is -1.06. The smallest absolute Gasteiger partial charge is 0.326 e. The number of hydrogen-bond donors (Lipinski definition) is 1. The van der Waals surface area contributed by atoms with Gasteiger partial charge in [0.15, 0.2) is 6.61 Å². The van der Waals surface area contributed by atoms with Gasteiger partial charge in [-0.2, -0.15) is 0 Å². The number of nitrogens with zero attached hydrogens (tertiary/aromatic N) is 1. The minimum atomic E-state index is -0.831. The van der Waals surface area contributed by atoms with Crippen molar-refractivity contribution in [2.45, 2.75) is 12.8 Å². The van der Waals surface area contributed by atoms with Crippen LogP contribution in [-0.4, -0.2) is 41.7 Å². The molecule has 2 atom stereocenters. The van der Waals surface area contributed by atoms with Crippen molar-refractivity contribution < 1.29 is 23.9 Å². The van der Waals surface area contributed by atoms with E-state index in [1.54, 1.807) is 0 Å². The van der Waals surface area contributed by atoms with Crippen LogP contribution in [0.15, 0.2) is 30.4 Å². The number of carbonyl (C=O) groups excluding carboxylic acids is 4. The van der Waals surface area contributed by atoms with Gasteiger partial charge in [0.05, 0.1) is 11.8 Å². The second kappa shape index (κ2) is 8.10. The molecular formula is C18H16Cl2N2O5. The molecule has 9 heteroatoms. The fraction of sp³-hybridized carbons (Fsp3) is 0.333. The van der Waals surface area contributed by atoms with Gasteiger partial charge in [-0.25, -0.2) is 0 Å². The quantitative estimate of drug-likeness (QED) is 0.457. The van der Waals surface area contributed by atoms with E-state index in [1.807, 2.05) is 12.2 Å². The van der Waals surface area contributed by atoms with Crippen LogP contribution in [0.2, 0.25) is 10.0 Å². The zero-order valence-electron chi connectivity index (χ0n) is 14.1. The predicted octanol–water partition coefficient (Wildman–Crippen LogP) is 2.43. The maximum atomic E-state index is 12.3. The van der Waals surface area contributed by atoms with Gasteiger partial charge < -0.3 is 10.1 Å². The van der Waals surface area contributed by atoms with E-state index in [-0.39, 0.29) is 11.8 Å². The summed E-state index contributed by atoms with van der Waals surface area (Å²) in [6.07, 6.45) is 4.71. The number of rotatable bonds is 5. The summed E-state index contributed by atoms with van der Waals surface area (Å²) in [5, 5.41) is 3.18. The van der Waals surface area contributed by atoms with Gasteiger partial charge >= 0.3 is 5.97 Å². The average molecular weight is 411 g/mol. The van der Waals surface area contributed by atoms with Crippen LogP contribution in [0.3, 0.4) is 0 Å². The second-order valence-electron chi connectivity index (χ2n) is 6.29. The van der Waals surface area contributed by atoms with Gasteiger partial charge in [-0.05, 0) is 31.0 Å². The first-order chi connectivity index (χ1) is 12.8. The number of carbonyl (C=O) groups is 4. The lowest BCUT2D eigenvalue weighted by molar-refractivity contribution is -0.154. The summed E-state index contributed by atoms with van der Waals surface area (Å²) in [5.74, 6) is -2.99. The minimum Gasteiger partial charge on any atom is -0.454 e. The zero-order chi connectivity index (χ0) is 19.6. The Balaban J connectivity index is 1.50. The van der Waals surface area contributed by atoms with E-state index in [9.17, 15) is 19.2 Å². The van der Waals surface area contributed by atoms with Crippen LogP contribution in [0, 0.1) is 11.8 Å². The fourth-order valence-electron chi connectivity index (χ4n) is 3.17. The van der Waals surface area contributed by atoms with Crippen molar-refractivity contribution in [1.29, 1.82) is 0 Å². The monoisotopic (exact) mass is 410 g/mol. The third-order valence-electron chi connectivity index (χ3n) is 4.40. The van der Waals surface area contributed by atoms with Crippen LogP contribution in [-0.2, 0) is 23.9 Å². The summed E-state index contributed by atoms with van der Waals surface area (Å²) >= 11 is 11.7. The van der Waals surface area contributed by atoms with Gasteiger partial charge in [0, 0.05) is 15.7 Å². The number of fused-ring (bicyclic) bond motifs is 1. The molecule has 1 saturated heterocycles. The van der Waals surface area contributed by atoms with Crippen molar-refractivity contribution >= 4 is 52.6 Å². The lowest BCUT2D eigenvalue weighted by Gasteiger charge is -2.14. The lowest BCUT2D eigenvalue weighted by Crippen LogP contribution is -2.37. The largest absolute Gasteiger partial charge is 0.454 e. The number of likely N-dealkylation sites (tertiary alicyclic amines) is 1. The van der Waals surface area contributed by atoms with Crippen molar-refractivity contribution in [2.75, 3.05) is 18.5 Å². The molecule has 142 valence electrons. The Labute approximate surface area is 165 Å². The Morgan fingerprint density at radius 1 is 1.04 bits per heavy atom. The Kier molecular flexibility index (Phi) is 5.82. The molecule has 3 amide bonds. The Hall–Kier alpha value is -2.38. The van der Waals surface area contributed by atoms with Gasteiger partial charge in [0.2, 0.25) is 11.8 Å². The molecule has 3 rings (SSSR count). The number of ether oxygens (including phenoxy) is 1. The molecule has 27 heavy (non-hydrogen) atoms. The molecule has 2 aliphatic rings. The third-order valence-corrected chi connectivity index (χ3v) is 4.83. The predicted molar refractivity (Wildman–Crippen MR) is 98.1 cm³/mol. The van der Waals surface area contributed by atoms with E-state index < -0.39 is 36.9 Å². The standard InChI is InChI=1S/C18H16Cl2N2O5/c19-10-5-11(20)7-12(6-10)21-15(23)9-27-16(24)8-22-17(25)13-3-1-2-4-14(13)18(22)26/h1-2,5-7,13-14H,3-4,8-9H2,(H,21,23)/t13-,14-/m1/s1. The summed E-state index contributed by atoms with van der Waals surface area (Å²) in [5.41, 5.74) is 0.357. The minimum absolute atomic E-state index is 0.344. The van der Waals surface area contributed by atoms with Crippen LogP contribution >= 0.6 is 23.2 Å². The van der Waals surface area contributed by atoms with Crippen LogP contribution in [0.5, 0.6) is 0 Å². The van der Waals surface area contributed by atoms with Crippen LogP contribution in [0.25, 0.3) is 0 Å². The van der Waals surface area contributed by atoms with Gasteiger partial charge in [-0.1, -0.05) is 35.4 Å². The molecule has 0 aromatic heterocycles. The normalized spacial score (nSPS) is 21.2. The molecule has 1 aliphatic heterocycles. The molecule has 0 saturated carbocycles. The maximum absolute atomic E-state index is 12.3. The van der Waals surface area contributed by atoms with Gasteiger partial charge in [-0.3, -0.25) is 24.1 Å². The highest BCUT2D eigenvalue weighted by molar-refractivity contribution is 6.35. The molecule has 1 aromatic rings. The second-order valence-corrected chi connectivity index (χ2v) is 7.16. The van der Waals surface area contributed by atoms with Crippen LogP contribution < -0.4 is 5.32 Å². The number of imide groups is 1. The molecule has 1 aliphatic carbocycles. The van der Waals surface area contributed by atoms with E-state index in [0.29, 0.717) is 28.6 Å². The first-order valence-corrected chi connectivity index (χ1v) is 9.02. The maximum Gasteiger partial charge on any atom is 0.326 e. The van der Waals surface area contributed by atoms with E-state index in [2.05, 4.69) is 5.32 Å². The topological polar surface area (TPSA) is 92.8 Å². The number of anilines is 1. The van der Waals surface area contributed by atoms with Crippen molar-refractivity contribution in [3.05, 3.63) is 40.4 Å². The third kappa shape index (κ3) is 4.48.